The zero-order valence-corrected chi connectivity index (χ0v) is 13.2. The Balaban J connectivity index is 4.84. The first-order chi connectivity index (χ1) is 8.68. The maximum absolute atomic E-state index is 12.3. The van der Waals surface area contributed by atoms with E-state index in [2.05, 4.69) is 13.8 Å². The molecule has 0 saturated carbocycles. The molecule has 0 rings (SSSR count). The van der Waals surface area contributed by atoms with Gasteiger partial charge in [0.1, 0.15) is 0 Å². The topological polar surface area (TPSA) is 57.6 Å². The number of nitrogens with zero attached hydrogens (tertiary/aromatic N) is 1. The van der Waals surface area contributed by atoms with E-state index in [4.69, 9.17) is 0 Å². The second kappa shape index (κ2) is 7.51. The van der Waals surface area contributed by atoms with Crippen molar-refractivity contribution in [1.29, 1.82) is 0 Å². The van der Waals surface area contributed by atoms with E-state index in [0.717, 1.165) is 6.42 Å². The molecule has 2 atom stereocenters. The minimum atomic E-state index is -0.986. The third kappa shape index (κ3) is 4.84. The fourth-order valence-electron chi connectivity index (χ4n) is 1.87. The minimum absolute atomic E-state index is 0.0543. The van der Waals surface area contributed by atoms with E-state index >= 15 is 0 Å². The Kier molecular flexibility index (Phi) is 7.09. The summed E-state index contributed by atoms with van der Waals surface area (Å²) >= 11 is 0. The molecule has 1 N–H and O–H groups in total. The lowest BCUT2D eigenvalue weighted by atomic mass is 9.76. The average Bonchev–Trinajstić information content (AvgIpc) is 2.34. The van der Waals surface area contributed by atoms with E-state index < -0.39 is 11.4 Å². The van der Waals surface area contributed by atoms with Crippen LogP contribution >= 0.6 is 0 Å². The fraction of sp³-hybridized carbons (Fsp3) is 0.867. The predicted molar refractivity (Wildman–Crippen MR) is 76.9 cm³/mol. The molecule has 0 fully saturated rings. The number of hydrogen-bond donors (Lipinski definition) is 1. The summed E-state index contributed by atoms with van der Waals surface area (Å²) in [5.74, 6) is -0.577. The van der Waals surface area contributed by atoms with Crippen molar-refractivity contribution in [2.24, 2.45) is 17.3 Å². The number of carbonyl (C=O) groups is 2. The largest absolute Gasteiger partial charge is 0.481 e. The Bertz CT molecular complexity index is 315. The molecule has 0 radical (unpaired) electrons. The van der Waals surface area contributed by atoms with E-state index in [1.807, 2.05) is 20.8 Å². The highest BCUT2D eigenvalue weighted by Crippen LogP contribution is 2.32. The Morgan fingerprint density at radius 1 is 1.21 bits per heavy atom. The monoisotopic (exact) mass is 271 g/mol. The van der Waals surface area contributed by atoms with Crippen LogP contribution in [-0.2, 0) is 9.59 Å². The SMILES string of the molecule is CCC(C)CN(CC)C(=O)CC(C)(C(=O)O)C(C)C. The van der Waals surface area contributed by atoms with Gasteiger partial charge in [0, 0.05) is 19.5 Å². The Labute approximate surface area is 117 Å². The second-order valence-corrected chi connectivity index (χ2v) is 6.00. The molecule has 4 nitrogen and oxygen atoms in total. The summed E-state index contributed by atoms with van der Waals surface area (Å²) in [7, 11) is 0. The summed E-state index contributed by atoms with van der Waals surface area (Å²) in [5, 5.41) is 9.36. The minimum Gasteiger partial charge on any atom is -0.481 e. The molecule has 4 heteroatoms. The van der Waals surface area contributed by atoms with Crippen molar-refractivity contribution in [3.63, 3.8) is 0 Å². The number of carboxylic acid groups (broad SMARTS) is 1. The van der Waals surface area contributed by atoms with Crippen LogP contribution in [-0.4, -0.2) is 35.0 Å². The first-order valence-electron chi connectivity index (χ1n) is 7.20. The molecule has 0 spiro atoms. The van der Waals surface area contributed by atoms with Crippen molar-refractivity contribution in [2.45, 2.75) is 54.4 Å². The van der Waals surface area contributed by atoms with Crippen LogP contribution in [0, 0.1) is 17.3 Å². The lowest BCUT2D eigenvalue weighted by Crippen LogP contribution is -2.42. The van der Waals surface area contributed by atoms with Crippen molar-refractivity contribution in [3.05, 3.63) is 0 Å². The summed E-state index contributed by atoms with van der Waals surface area (Å²) in [6.07, 6.45) is 1.09. The molecule has 0 aromatic heterocycles. The van der Waals surface area contributed by atoms with Crippen LogP contribution in [0.1, 0.15) is 54.4 Å². The Hall–Kier alpha value is -1.06. The zero-order valence-electron chi connectivity index (χ0n) is 13.2. The molecule has 112 valence electrons. The van der Waals surface area contributed by atoms with E-state index in [9.17, 15) is 14.7 Å². The fourth-order valence-corrected chi connectivity index (χ4v) is 1.87. The Morgan fingerprint density at radius 2 is 1.74 bits per heavy atom. The summed E-state index contributed by atoms with van der Waals surface area (Å²) < 4.78 is 0. The molecule has 2 unspecified atom stereocenters. The summed E-state index contributed by atoms with van der Waals surface area (Å²) in [4.78, 5) is 25.5. The molecule has 0 aliphatic carbocycles. The van der Waals surface area contributed by atoms with Gasteiger partial charge in [-0.05, 0) is 25.7 Å². The maximum atomic E-state index is 12.3. The maximum Gasteiger partial charge on any atom is 0.310 e. The number of rotatable bonds is 8. The van der Waals surface area contributed by atoms with E-state index in [1.165, 1.54) is 0 Å². The predicted octanol–water partition coefficient (Wildman–Crippen LogP) is 3.02. The standard InChI is InChI=1S/C15H29NO3/c1-7-12(5)10-16(8-2)13(17)9-15(6,11(3)4)14(18)19/h11-12H,7-10H2,1-6H3,(H,18,19). The Morgan fingerprint density at radius 3 is 2.05 bits per heavy atom. The van der Waals surface area contributed by atoms with Gasteiger partial charge in [0.15, 0.2) is 0 Å². The molecule has 19 heavy (non-hydrogen) atoms. The number of carbonyl (C=O) groups excluding carboxylic acids is 1. The molecule has 0 aliphatic heterocycles. The zero-order chi connectivity index (χ0) is 15.2. The van der Waals surface area contributed by atoms with E-state index in [-0.39, 0.29) is 18.2 Å². The molecule has 0 heterocycles. The highest BCUT2D eigenvalue weighted by Gasteiger charge is 2.39. The van der Waals surface area contributed by atoms with Crippen molar-refractivity contribution in [3.8, 4) is 0 Å². The van der Waals surface area contributed by atoms with Gasteiger partial charge in [-0.25, -0.2) is 0 Å². The lowest BCUT2D eigenvalue weighted by molar-refractivity contribution is -0.155. The van der Waals surface area contributed by atoms with Gasteiger partial charge in [0.25, 0.3) is 0 Å². The van der Waals surface area contributed by atoms with Crippen LogP contribution in [0.3, 0.4) is 0 Å². The quantitative estimate of drug-likeness (QED) is 0.738. The van der Waals surface area contributed by atoms with Crippen molar-refractivity contribution in [2.75, 3.05) is 13.1 Å². The van der Waals surface area contributed by atoms with Gasteiger partial charge in [-0.15, -0.1) is 0 Å². The van der Waals surface area contributed by atoms with Gasteiger partial charge in [0.2, 0.25) is 5.91 Å². The van der Waals surface area contributed by atoms with Gasteiger partial charge in [0.05, 0.1) is 5.41 Å². The van der Waals surface area contributed by atoms with Crippen molar-refractivity contribution >= 4 is 11.9 Å². The highest BCUT2D eigenvalue weighted by atomic mass is 16.4. The third-order valence-corrected chi connectivity index (χ3v) is 4.24. The van der Waals surface area contributed by atoms with Gasteiger partial charge < -0.3 is 10.0 Å². The molecule has 0 saturated heterocycles. The number of aliphatic carboxylic acids is 1. The molecular weight excluding hydrogens is 242 g/mol. The van der Waals surface area contributed by atoms with E-state index in [1.54, 1.807) is 11.8 Å². The smallest absolute Gasteiger partial charge is 0.310 e. The third-order valence-electron chi connectivity index (χ3n) is 4.24. The van der Waals surface area contributed by atoms with E-state index in [0.29, 0.717) is 19.0 Å². The van der Waals surface area contributed by atoms with Crippen LogP contribution in [0.2, 0.25) is 0 Å². The molecule has 1 amide bonds. The second-order valence-electron chi connectivity index (χ2n) is 6.00. The molecular formula is C15H29NO3. The van der Waals surface area contributed by atoms with Gasteiger partial charge in [-0.3, -0.25) is 9.59 Å². The van der Waals surface area contributed by atoms with Gasteiger partial charge in [-0.1, -0.05) is 34.1 Å². The molecule has 0 aliphatic rings. The van der Waals surface area contributed by atoms with Crippen molar-refractivity contribution < 1.29 is 14.7 Å². The summed E-state index contributed by atoms with van der Waals surface area (Å²) in [5.41, 5.74) is -0.986. The van der Waals surface area contributed by atoms with Crippen LogP contribution in [0.4, 0.5) is 0 Å². The number of hydrogen-bond acceptors (Lipinski definition) is 2. The highest BCUT2D eigenvalue weighted by molar-refractivity contribution is 5.85. The molecule has 0 aromatic carbocycles. The average molecular weight is 271 g/mol. The van der Waals surface area contributed by atoms with Crippen molar-refractivity contribution in [1.82, 2.24) is 4.90 Å². The van der Waals surface area contributed by atoms with Gasteiger partial charge >= 0.3 is 5.97 Å². The molecule has 0 bridgehead atoms. The van der Waals surface area contributed by atoms with Gasteiger partial charge in [-0.2, -0.15) is 0 Å². The normalized spacial score (nSPS) is 15.9. The number of amides is 1. The summed E-state index contributed by atoms with van der Waals surface area (Å²) in [6, 6.07) is 0. The first-order valence-corrected chi connectivity index (χ1v) is 7.20. The first kappa shape index (κ1) is 17.9. The molecule has 0 aromatic rings. The number of carboxylic acids is 1. The van der Waals surface area contributed by atoms with Crippen LogP contribution in [0.25, 0.3) is 0 Å². The van der Waals surface area contributed by atoms with Crippen LogP contribution in [0.15, 0.2) is 0 Å². The van der Waals surface area contributed by atoms with Crippen LogP contribution < -0.4 is 0 Å². The van der Waals surface area contributed by atoms with Crippen LogP contribution in [0.5, 0.6) is 0 Å². The lowest BCUT2D eigenvalue weighted by Gasteiger charge is -2.32. The summed E-state index contributed by atoms with van der Waals surface area (Å²) in [6.45, 7) is 12.9.